The van der Waals surface area contributed by atoms with Crippen LogP contribution in [0.4, 0.5) is 0 Å². The van der Waals surface area contributed by atoms with Gasteiger partial charge in [-0.25, -0.2) is 9.50 Å². The third-order valence-electron chi connectivity index (χ3n) is 4.59. The molecule has 0 amide bonds. The molecular formula is C16H17N5O2. The summed E-state index contributed by atoms with van der Waals surface area (Å²) >= 11 is 0. The van der Waals surface area contributed by atoms with E-state index in [9.17, 15) is 4.79 Å². The maximum absolute atomic E-state index is 12.1. The summed E-state index contributed by atoms with van der Waals surface area (Å²) in [7, 11) is 0. The highest BCUT2D eigenvalue weighted by atomic mass is 16.5. The van der Waals surface area contributed by atoms with Crippen LogP contribution in [0.15, 0.2) is 29.2 Å². The lowest BCUT2D eigenvalue weighted by molar-refractivity contribution is -0.0281. The van der Waals surface area contributed by atoms with Gasteiger partial charge in [0.1, 0.15) is 11.6 Å². The number of hydrogen-bond acceptors (Lipinski definition) is 5. The third kappa shape index (κ3) is 2.46. The molecule has 0 aromatic carbocycles. The standard InChI is InChI=1S/C16H17N5O2/c17-8-12-9-18-21-14(22)7-13(19-15(12)21)10-20-5-4-16(11-20)3-1-2-6-23-16/h1-2,7,9,18H,3-6,10-11H2. The van der Waals surface area contributed by atoms with E-state index in [1.807, 2.05) is 6.07 Å². The molecule has 0 aliphatic carbocycles. The number of nitrogens with one attached hydrogen (secondary N) is 1. The molecule has 0 saturated carbocycles. The van der Waals surface area contributed by atoms with Crippen molar-refractivity contribution in [1.29, 1.82) is 5.26 Å². The monoisotopic (exact) mass is 311 g/mol. The van der Waals surface area contributed by atoms with E-state index in [1.165, 1.54) is 16.8 Å². The molecule has 1 fully saturated rings. The molecule has 4 rings (SSSR count). The normalized spacial score (nSPS) is 24.5. The van der Waals surface area contributed by atoms with E-state index in [0.29, 0.717) is 30.1 Å². The van der Waals surface area contributed by atoms with E-state index in [-0.39, 0.29) is 11.2 Å². The van der Waals surface area contributed by atoms with Crippen molar-refractivity contribution in [2.24, 2.45) is 0 Å². The van der Waals surface area contributed by atoms with E-state index in [4.69, 9.17) is 10.00 Å². The minimum Gasteiger partial charge on any atom is -0.369 e. The van der Waals surface area contributed by atoms with Gasteiger partial charge >= 0.3 is 0 Å². The maximum atomic E-state index is 12.1. The van der Waals surface area contributed by atoms with Crippen molar-refractivity contribution in [1.82, 2.24) is 19.5 Å². The van der Waals surface area contributed by atoms with Gasteiger partial charge in [-0.3, -0.25) is 14.8 Å². The van der Waals surface area contributed by atoms with E-state index in [0.717, 1.165) is 25.9 Å². The number of H-pyrrole nitrogens is 1. The van der Waals surface area contributed by atoms with Crippen molar-refractivity contribution in [2.45, 2.75) is 25.0 Å². The van der Waals surface area contributed by atoms with Gasteiger partial charge in [0.05, 0.1) is 17.9 Å². The zero-order valence-electron chi connectivity index (χ0n) is 12.7. The van der Waals surface area contributed by atoms with Crippen LogP contribution in [-0.4, -0.2) is 44.8 Å². The van der Waals surface area contributed by atoms with Crippen LogP contribution >= 0.6 is 0 Å². The molecule has 1 N–H and O–H groups in total. The van der Waals surface area contributed by atoms with Crippen LogP contribution in [0.5, 0.6) is 0 Å². The fourth-order valence-electron chi connectivity index (χ4n) is 3.42. The Labute approximate surface area is 132 Å². The summed E-state index contributed by atoms with van der Waals surface area (Å²) in [5.74, 6) is 0. The highest BCUT2D eigenvalue weighted by Crippen LogP contribution is 2.32. The highest BCUT2D eigenvalue weighted by molar-refractivity contribution is 5.53. The Morgan fingerprint density at radius 2 is 2.39 bits per heavy atom. The molecule has 2 aliphatic rings. The third-order valence-corrected chi connectivity index (χ3v) is 4.59. The van der Waals surface area contributed by atoms with Crippen molar-refractivity contribution < 1.29 is 4.74 Å². The first-order valence-corrected chi connectivity index (χ1v) is 7.71. The number of fused-ring (bicyclic) bond motifs is 1. The molecule has 118 valence electrons. The van der Waals surface area contributed by atoms with Crippen LogP contribution < -0.4 is 5.56 Å². The summed E-state index contributed by atoms with van der Waals surface area (Å²) in [4.78, 5) is 18.9. The fourth-order valence-corrected chi connectivity index (χ4v) is 3.42. The van der Waals surface area contributed by atoms with Gasteiger partial charge < -0.3 is 4.74 Å². The van der Waals surface area contributed by atoms with E-state index in [2.05, 4.69) is 27.1 Å². The number of rotatable bonds is 2. The lowest BCUT2D eigenvalue weighted by Gasteiger charge is -2.30. The number of aromatic nitrogens is 3. The fraction of sp³-hybridized carbons (Fsp3) is 0.438. The largest absolute Gasteiger partial charge is 0.369 e. The molecule has 1 spiro atoms. The number of ether oxygens (including phenoxy) is 1. The molecule has 1 unspecified atom stereocenters. The van der Waals surface area contributed by atoms with Crippen molar-refractivity contribution in [2.75, 3.05) is 19.7 Å². The molecule has 2 aromatic heterocycles. The number of hydrogen-bond donors (Lipinski definition) is 1. The van der Waals surface area contributed by atoms with E-state index < -0.39 is 0 Å². The number of aromatic amines is 1. The Balaban J connectivity index is 1.58. The SMILES string of the molecule is N#Cc1c[nH]n2c(=O)cc(CN3CCC4(CC=CCO4)C3)nc12. The predicted octanol–water partition coefficient (Wildman–Crippen LogP) is 0.815. The average Bonchev–Trinajstić information content (AvgIpc) is 3.13. The summed E-state index contributed by atoms with van der Waals surface area (Å²) in [5, 5.41) is 11.9. The van der Waals surface area contributed by atoms with Gasteiger partial charge in [-0.15, -0.1) is 0 Å². The van der Waals surface area contributed by atoms with Gasteiger partial charge in [-0.05, 0) is 12.8 Å². The van der Waals surface area contributed by atoms with Gasteiger partial charge in [0.15, 0.2) is 5.65 Å². The molecule has 2 aromatic rings. The van der Waals surface area contributed by atoms with Crippen molar-refractivity contribution in [3.8, 4) is 6.07 Å². The summed E-state index contributed by atoms with van der Waals surface area (Å²) in [5.41, 5.74) is 1.18. The molecular weight excluding hydrogens is 294 g/mol. The first-order chi connectivity index (χ1) is 11.2. The highest BCUT2D eigenvalue weighted by Gasteiger charge is 2.39. The molecule has 4 heterocycles. The predicted molar refractivity (Wildman–Crippen MR) is 82.9 cm³/mol. The quantitative estimate of drug-likeness (QED) is 0.830. The van der Waals surface area contributed by atoms with Crippen molar-refractivity contribution in [3.63, 3.8) is 0 Å². The first kappa shape index (κ1) is 14.2. The second-order valence-electron chi connectivity index (χ2n) is 6.17. The van der Waals surface area contributed by atoms with Gasteiger partial charge in [0.2, 0.25) is 0 Å². The van der Waals surface area contributed by atoms with Crippen molar-refractivity contribution >= 4 is 5.65 Å². The molecule has 7 heteroatoms. The Kier molecular flexibility index (Phi) is 3.29. The van der Waals surface area contributed by atoms with Crippen LogP contribution in [0.1, 0.15) is 24.1 Å². The van der Waals surface area contributed by atoms with Crippen LogP contribution in [-0.2, 0) is 11.3 Å². The maximum Gasteiger partial charge on any atom is 0.272 e. The zero-order chi connectivity index (χ0) is 15.9. The molecule has 2 aliphatic heterocycles. The van der Waals surface area contributed by atoms with Gasteiger partial charge in [-0.2, -0.15) is 5.26 Å². The van der Waals surface area contributed by atoms with Crippen LogP contribution in [0.2, 0.25) is 0 Å². The van der Waals surface area contributed by atoms with Gasteiger partial charge in [-0.1, -0.05) is 12.2 Å². The Bertz CT molecular complexity index is 875. The van der Waals surface area contributed by atoms with Gasteiger partial charge in [0, 0.05) is 31.9 Å². The summed E-state index contributed by atoms with van der Waals surface area (Å²) in [6.45, 7) is 3.04. The van der Waals surface area contributed by atoms with Crippen LogP contribution in [0, 0.1) is 11.3 Å². The van der Waals surface area contributed by atoms with E-state index >= 15 is 0 Å². The topological polar surface area (TPSA) is 86.4 Å². The molecule has 1 atom stereocenters. The summed E-state index contributed by atoms with van der Waals surface area (Å²) in [6, 6.07) is 3.57. The number of nitriles is 1. The average molecular weight is 311 g/mol. The molecule has 0 bridgehead atoms. The Hall–Kier alpha value is -2.43. The van der Waals surface area contributed by atoms with Gasteiger partial charge in [0.25, 0.3) is 5.56 Å². The molecule has 23 heavy (non-hydrogen) atoms. The van der Waals surface area contributed by atoms with Crippen molar-refractivity contribution in [3.05, 3.63) is 46.0 Å². The first-order valence-electron chi connectivity index (χ1n) is 7.71. The Morgan fingerprint density at radius 3 is 3.17 bits per heavy atom. The second-order valence-corrected chi connectivity index (χ2v) is 6.17. The lowest BCUT2D eigenvalue weighted by atomic mass is 9.97. The zero-order valence-corrected chi connectivity index (χ0v) is 12.7. The Morgan fingerprint density at radius 1 is 1.48 bits per heavy atom. The number of likely N-dealkylation sites (tertiary alicyclic amines) is 1. The van der Waals surface area contributed by atoms with E-state index in [1.54, 1.807) is 0 Å². The molecule has 1 saturated heterocycles. The van der Waals surface area contributed by atoms with Crippen LogP contribution in [0.3, 0.4) is 0 Å². The summed E-state index contributed by atoms with van der Waals surface area (Å²) in [6.07, 6.45) is 7.67. The minimum atomic E-state index is -0.197. The molecule has 7 nitrogen and oxygen atoms in total. The van der Waals surface area contributed by atoms with Crippen LogP contribution in [0.25, 0.3) is 5.65 Å². The summed E-state index contributed by atoms with van der Waals surface area (Å²) < 4.78 is 7.24. The number of nitrogens with zero attached hydrogens (tertiary/aromatic N) is 4. The minimum absolute atomic E-state index is 0.0835. The lowest BCUT2D eigenvalue weighted by Crippen LogP contribution is -2.37. The smallest absolute Gasteiger partial charge is 0.272 e. The second kappa shape index (κ2) is 5.33. The molecule has 0 radical (unpaired) electrons.